The lowest BCUT2D eigenvalue weighted by Crippen LogP contribution is -2.52. The molecule has 0 heterocycles. The van der Waals surface area contributed by atoms with Crippen molar-refractivity contribution in [2.45, 2.75) is 32.1 Å². The summed E-state index contributed by atoms with van der Waals surface area (Å²) in [7, 11) is 1.32. The van der Waals surface area contributed by atoms with Crippen molar-refractivity contribution in [3.05, 3.63) is 24.3 Å². The summed E-state index contributed by atoms with van der Waals surface area (Å²) in [5, 5.41) is 9.99. The maximum Gasteiger partial charge on any atom is 0.315 e. The molecular weight excluding hydrogens is 256 g/mol. The summed E-state index contributed by atoms with van der Waals surface area (Å²) in [6.07, 6.45) is 11.8. The fourth-order valence-corrected chi connectivity index (χ4v) is 4.74. The highest BCUT2D eigenvalue weighted by molar-refractivity contribution is 5.89. The van der Waals surface area contributed by atoms with E-state index in [0.717, 1.165) is 32.1 Å². The zero-order valence-electron chi connectivity index (χ0n) is 11.7. The summed E-state index contributed by atoms with van der Waals surface area (Å²) in [6.45, 7) is 0. The smallest absolute Gasteiger partial charge is 0.315 e. The normalized spacial score (nSPS) is 41.9. The number of esters is 1. The molecule has 0 aromatic carbocycles. The lowest BCUT2D eigenvalue weighted by molar-refractivity contribution is -0.167. The number of carbonyl (C=O) groups excluding carboxylic acids is 1. The van der Waals surface area contributed by atoms with Crippen LogP contribution in [0.5, 0.6) is 0 Å². The molecule has 1 N–H and O–H groups in total. The first-order valence-corrected chi connectivity index (χ1v) is 7.23. The molecule has 0 spiro atoms. The maximum atomic E-state index is 12.2. The summed E-state index contributed by atoms with van der Waals surface area (Å²) in [4.78, 5) is 24.3. The van der Waals surface area contributed by atoms with Crippen molar-refractivity contribution in [3.63, 3.8) is 0 Å². The third-order valence-electron chi connectivity index (χ3n) is 5.69. The number of allylic oxidation sites excluding steroid dienone is 2. The fourth-order valence-electron chi connectivity index (χ4n) is 4.74. The summed E-state index contributed by atoms with van der Waals surface area (Å²) >= 11 is 0. The monoisotopic (exact) mass is 276 g/mol. The van der Waals surface area contributed by atoms with Gasteiger partial charge in [-0.15, -0.1) is 0 Å². The van der Waals surface area contributed by atoms with Crippen LogP contribution in [-0.2, 0) is 14.3 Å². The summed E-state index contributed by atoms with van der Waals surface area (Å²) < 4.78 is 4.87. The molecule has 0 aromatic rings. The largest absolute Gasteiger partial charge is 0.481 e. The van der Waals surface area contributed by atoms with E-state index in [9.17, 15) is 14.7 Å². The van der Waals surface area contributed by atoms with E-state index in [2.05, 4.69) is 0 Å². The molecule has 3 aliphatic rings. The number of carbonyl (C=O) groups is 2. The number of hydrogen-bond acceptors (Lipinski definition) is 3. The van der Waals surface area contributed by atoms with Crippen LogP contribution >= 0.6 is 0 Å². The van der Waals surface area contributed by atoms with Crippen molar-refractivity contribution in [3.8, 4) is 0 Å². The van der Waals surface area contributed by atoms with E-state index in [1.54, 1.807) is 24.3 Å². The van der Waals surface area contributed by atoms with Gasteiger partial charge in [0.25, 0.3) is 0 Å². The SMILES string of the molecule is COC(=O)C1C=CC=CC1(C(=O)O)C12CCC(CC1)C2. The van der Waals surface area contributed by atoms with E-state index in [1.807, 2.05) is 0 Å². The molecule has 20 heavy (non-hydrogen) atoms. The third kappa shape index (κ3) is 1.54. The second-order valence-corrected chi connectivity index (χ2v) is 6.35. The Bertz CT molecular complexity index is 497. The molecule has 4 heteroatoms. The molecule has 3 aliphatic carbocycles. The lowest BCUT2D eigenvalue weighted by atomic mass is 9.54. The van der Waals surface area contributed by atoms with Crippen LogP contribution in [0, 0.1) is 22.7 Å². The summed E-state index contributed by atoms with van der Waals surface area (Å²) in [5.41, 5.74) is -1.43. The van der Waals surface area contributed by atoms with Crippen LogP contribution in [0.15, 0.2) is 24.3 Å². The van der Waals surface area contributed by atoms with E-state index >= 15 is 0 Å². The molecule has 2 fully saturated rings. The minimum Gasteiger partial charge on any atom is -0.481 e. The van der Waals surface area contributed by atoms with Crippen molar-refractivity contribution in [2.75, 3.05) is 7.11 Å². The van der Waals surface area contributed by atoms with Gasteiger partial charge in [0.05, 0.1) is 13.0 Å². The molecule has 0 aliphatic heterocycles. The number of rotatable bonds is 3. The predicted octanol–water partition coefficient (Wildman–Crippen LogP) is 2.55. The molecule has 0 amide bonds. The van der Waals surface area contributed by atoms with Gasteiger partial charge < -0.3 is 9.84 Å². The Morgan fingerprint density at radius 2 is 1.95 bits per heavy atom. The molecule has 0 radical (unpaired) electrons. The van der Waals surface area contributed by atoms with Gasteiger partial charge in [0.15, 0.2) is 0 Å². The second-order valence-electron chi connectivity index (χ2n) is 6.35. The fraction of sp³-hybridized carbons (Fsp3) is 0.625. The van der Waals surface area contributed by atoms with Crippen LogP contribution in [0.1, 0.15) is 32.1 Å². The summed E-state index contributed by atoms with van der Waals surface area (Å²) in [6, 6.07) is 0. The van der Waals surface area contributed by atoms with Gasteiger partial charge in [-0.25, -0.2) is 0 Å². The highest BCUT2D eigenvalue weighted by Gasteiger charge is 2.65. The van der Waals surface area contributed by atoms with Gasteiger partial charge in [0, 0.05) is 0 Å². The first kappa shape index (κ1) is 13.4. The van der Waals surface area contributed by atoms with Crippen LogP contribution in [-0.4, -0.2) is 24.2 Å². The highest BCUT2D eigenvalue weighted by Crippen LogP contribution is 2.66. The Morgan fingerprint density at radius 1 is 1.25 bits per heavy atom. The average molecular weight is 276 g/mol. The Morgan fingerprint density at radius 3 is 2.45 bits per heavy atom. The number of fused-ring (bicyclic) bond motifs is 2. The first-order valence-electron chi connectivity index (χ1n) is 7.23. The second kappa shape index (κ2) is 4.47. The summed E-state index contributed by atoms with van der Waals surface area (Å²) in [5.74, 6) is -1.43. The molecule has 2 bridgehead atoms. The molecule has 2 unspecified atom stereocenters. The van der Waals surface area contributed by atoms with Gasteiger partial charge in [-0.3, -0.25) is 9.59 Å². The number of ether oxygens (including phenoxy) is 1. The molecule has 0 aromatic heterocycles. The molecule has 2 saturated carbocycles. The Balaban J connectivity index is 2.11. The molecule has 4 nitrogen and oxygen atoms in total. The van der Waals surface area contributed by atoms with Crippen molar-refractivity contribution in [1.29, 1.82) is 0 Å². The standard InChI is InChI=1S/C16H20O4/c1-20-13(17)12-4-2-3-7-16(12,14(18)19)15-8-5-11(10-15)6-9-15/h2-4,7,11-12H,5-6,8-10H2,1H3,(H,18,19). The molecule has 0 saturated heterocycles. The van der Waals surface area contributed by atoms with Gasteiger partial charge in [0.1, 0.15) is 5.41 Å². The number of carboxylic acids is 1. The third-order valence-corrected chi connectivity index (χ3v) is 5.69. The molecule has 108 valence electrons. The van der Waals surface area contributed by atoms with Gasteiger partial charge in [0.2, 0.25) is 0 Å². The average Bonchev–Trinajstić information content (AvgIpc) is 3.08. The van der Waals surface area contributed by atoms with Crippen LogP contribution in [0.4, 0.5) is 0 Å². The minimum absolute atomic E-state index is 0.288. The van der Waals surface area contributed by atoms with Crippen LogP contribution in [0.25, 0.3) is 0 Å². The van der Waals surface area contributed by atoms with Gasteiger partial charge >= 0.3 is 11.9 Å². The van der Waals surface area contributed by atoms with Crippen molar-refractivity contribution >= 4 is 11.9 Å². The minimum atomic E-state index is -1.14. The Kier molecular flexibility index (Phi) is 3.00. The highest BCUT2D eigenvalue weighted by atomic mass is 16.5. The van der Waals surface area contributed by atoms with E-state index in [4.69, 9.17) is 4.74 Å². The Hall–Kier alpha value is -1.58. The lowest BCUT2D eigenvalue weighted by Gasteiger charge is -2.46. The van der Waals surface area contributed by atoms with Crippen LogP contribution in [0.3, 0.4) is 0 Å². The number of hydrogen-bond donors (Lipinski definition) is 1. The van der Waals surface area contributed by atoms with Crippen molar-refractivity contribution in [2.24, 2.45) is 22.7 Å². The zero-order chi connectivity index (χ0) is 14.4. The van der Waals surface area contributed by atoms with Crippen LogP contribution in [0.2, 0.25) is 0 Å². The first-order chi connectivity index (χ1) is 9.56. The molecule has 2 atom stereocenters. The van der Waals surface area contributed by atoms with Gasteiger partial charge in [-0.05, 0) is 43.4 Å². The number of aliphatic carboxylic acids is 1. The van der Waals surface area contributed by atoms with E-state index < -0.39 is 23.3 Å². The Labute approximate surface area is 118 Å². The number of carboxylic acid groups (broad SMARTS) is 1. The van der Waals surface area contributed by atoms with E-state index in [-0.39, 0.29) is 5.41 Å². The predicted molar refractivity (Wildman–Crippen MR) is 72.9 cm³/mol. The number of methoxy groups -OCH3 is 1. The van der Waals surface area contributed by atoms with E-state index in [0.29, 0.717) is 5.92 Å². The maximum absolute atomic E-state index is 12.2. The zero-order valence-corrected chi connectivity index (χ0v) is 11.7. The van der Waals surface area contributed by atoms with Gasteiger partial charge in [-0.2, -0.15) is 0 Å². The van der Waals surface area contributed by atoms with Crippen molar-refractivity contribution < 1.29 is 19.4 Å². The van der Waals surface area contributed by atoms with Gasteiger partial charge in [-0.1, -0.05) is 24.3 Å². The topological polar surface area (TPSA) is 63.6 Å². The van der Waals surface area contributed by atoms with Crippen molar-refractivity contribution in [1.82, 2.24) is 0 Å². The quantitative estimate of drug-likeness (QED) is 0.805. The molecule has 3 rings (SSSR count). The molecular formula is C16H20O4. The van der Waals surface area contributed by atoms with E-state index in [1.165, 1.54) is 7.11 Å². The van der Waals surface area contributed by atoms with Crippen LogP contribution < -0.4 is 0 Å².